The molecule has 0 N–H and O–H groups in total. The summed E-state index contributed by atoms with van der Waals surface area (Å²) in [4.78, 5) is 6.05. The van der Waals surface area contributed by atoms with Gasteiger partial charge in [-0.1, -0.05) is 6.07 Å². The van der Waals surface area contributed by atoms with Crippen LogP contribution in [0, 0.1) is 0 Å². The fraction of sp³-hybridized carbons (Fsp3) is 0.308. The second-order valence-electron chi connectivity index (χ2n) is 4.81. The quantitative estimate of drug-likeness (QED) is 0.688. The summed E-state index contributed by atoms with van der Waals surface area (Å²) >= 11 is 0. The fourth-order valence-electron chi connectivity index (χ4n) is 2.31. The number of hydrogen-bond donors (Lipinski definition) is 0. The maximum atomic E-state index is 4.48. The van der Waals surface area contributed by atoms with Crippen LogP contribution in [0.2, 0.25) is 0 Å². The first-order valence-corrected chi connectivity index (χ1v) is 6.14. The standard InChI is InChI=1S/C13H13N5/c1-17-15-7-12(16-17)9-2-5-13-11(6-9)14-8-18(13)10-3-4-10/h2,5-8,10H,3-4H2,1H3. The minimum atomic E-state index is 0.664. The summed E-state index contributed by atoms with van der Waals surface area (Å²) in [5, 5.41) is 8.41. The van der Waals surface area contributed by atoms with Crippen molar-refractivity contribution in [3.05, 3.63) is 30.7 Å². The number of benzene rings is 1. The van der Waals surface area contributed by atoms with E-state index < -0.39 is 0 Å². The second kappa shape index (κ2) is 3.41. The Morgan fingerprint density at radius 1 is 1.28 bits per heavy atom. The van der Waals surface area contributed by atoms with E-state index >= 15 is 0 Å². The molecule has 0 amide bonds. The first-order chi connectivity index (χ1) is 8.81. The lowest BCUT2D eigenvalue weighted by atomic mass is 10.1. The average Bonchev–Trinajstić information content (AvgIpc) is 2.99. The lowest BCUT2D eigenvalue weighted by molar-refractivity contribution is 0.655. The van der Waals surface area contributed by atoms with Crippen molar-refractivity contribution in [3.63, 3.8) is 0 Å². The molecule has 0 spiro atoms. The number of aryl methyl sites for hydroxylation is 1. The van der Waals surface area contributed by atoms with Crippen LogP contribution in [-0.4, -0.2) is 24.5 Å². The molecule has 18 heavy (non-hydrogen) atoms. The molecule has 90 valence electrons. The minimum absolute atomic E-state index is 0.664. The summed E-state index contributed by atoms with van der Waals surface area (Å²) in [6.07, 6.45) is 6.27. The SMILES string of the molecule is Cn1ncc(-c2ccc3c(c2)ncn3C2CC2)n1. The van der Waals surface area contributed by atoms with Gasteiger partial charge in [-0.2, -0.15) is 15.0 Å². The molecule has 1 aliphatic rings. The zero-order valence-corrected chi connectivity index (χ0v) is 10.1. The fourth-order valence-corrected chi connectivity index (χ4v) is 2.31. The van der Waals surface area contributed by atoms with Crippen molar-refractivity contribution in [3.8, 4) is 11.3 Å². The number of hydrogen-bond acceptors (Lipinski definition) is 3. The molecule has 0 unspecified atom stereocenters. The largest absolute Gasteiger partial charge is 0.327 e. The van der Waals surface area contributed by atoms with E-state index in [1.165, 1.54) is 18.4 Å². The molecule has 0 bridgehead atoms. The lowest BCUT2D eigenvalue weighted by Gasteiger charge is -2.01. The Kier molecular flexibility index (Phi) is 1.86. The summed E-state index contributed by atoms with van der Waals surface area (Å²) in [6, 6.07) is 6.97. The number of imidazole rings is 1. The van der Waals surface area contributed by atoms with Gasteiger partial charge in [-0.15, -0.1) is 0 Å². The van der Waals surface area contributed by atoms with Crippen molar-refractivity contribution in [2.24, 2.45) is 7.05 Å². The molecule has 1 aliphatic carbocycles. The average molecular weight is 239 g/mol. The van der Waals surface area contributed by atoms with E-state index in [1.807, 2.05) is 13.4 Å². The molecule has 0 saturated heterocycles. The van der Waals surface area contributed by atoms with Gasteiger partial charge in [0.2, 0.25) is 0 Å². The van der Waals surface area contributed by atoms with Crippen LogP contribution >= 0.6 is 0 Å². The van der Waals surface area contributed by atoms with Crippen LogP contribution in [0.1, 0.15) is 18.9 Å². The molecule has 4 rings (SSSR count). The summed E-state index contributed by atoms with van der Waals surface area (Å²) < 4.78 is 2.27. The van der Waals surface area contributed by atoms with E-state index in [0.29, 0.717) is 6.04 Å². The number of rotatable bonds is 2. The molecule has 1 saturated carbocycles. The molecule has 0 radical (unpaired) electrons. The van der Waals surface area contributed by atoms with E-state index in [0.717, 1.165) is 16.8 Å². The summed E-state index contributed by atoms with van der Waals surface area (Å²) in [6.45, 7) is 0. The van der Waals surface area contributed by atoms with E-state index in [4.69, 9.17) is 0 Å². The second-order valence-corrected chi connectivity index (χ2v) is 4.81. The predicted molar refractivity (Wildman–Crippen MR) is 68.0 cm³/mol. The van der Waals surface area contributed by atoms with Crippen molar-refractivity contribution < 1.29 is 0 Å². The normalized spacial score (nSPS) is 15.4. The van der Waals surface area contributed by atoms with Gasteiger partial charge in [-0.05, 0) is 25.0 Å². The summed E-state index contributed by atoms with van der Waals surface area (Å²) in [7, 11) is 1.82. The summed E-state index contributed by atoms with van der Waals surface area (Å²) in [5.74, 6) is 0. The Balaban J connectivity index is 1.84. The maximum absolute atomic E-state index is 4.48. The number of nitrogens with zero attached hydrogens (tertiary/aromatic N) is 5. The third-order valence-electron chi connectivity index (χ3n) is 3.41. The molecule has 1 aromatic carbocycles. The number of aromatic nitrogens is 5. The first kappa shape index (κ1) is 9.82. The van der Waals surface area contributed by atoms with Gasteiger partial charge in [0.1, 0.15) is 5.69 Å². The molecule has 5 nitrogen and oxygen atoms in total. The lowest BCUT2D eigenvalue weighted by Crippen LogP contribution is -1.92. The third-order valence-corrected chi connectivity index (χ3v) is 3.41. The zero-order valence-electron chi connectivity index (χ0n) is 10.1. The topological polar surface area (TPSA) is 48.5 Å². The molecule has 5 heteroatoms. The van der Waals surface area contributed by atoms with Gasteiger partial charge in [0.05, 0.1) is 23.6 Å². The molecule has 1 fully saturated rings. The van der Waals surface area contributed by atoms with E-state index in [1.54, 1.807) is 11.0 Å². The monoisotopic (exact) mass is 239 g/mol. The van der Waals surface area contributed by atoms with E-state index in [2.05, 4.69) is 37.9 Å². The van der Waals surface area contributed by atoms with Crippen LogP contribution in [0.5, 0.6) is 0 Å². The van der Waals surface area contributed by atoms with Gasteiger partial charge >= 0.3 is 0 Å². The van der Waals surface area contributed by atoms with Crippen LogP contribution < -0.4 is 0 Å². The van der Waals surface area contributed by atoms with Gasteiger partial charge in [-0.3, -0.25) is 0 Å². The highest BCUT2D eigenvalue weighted by molar-refractivity contribution is 5.81. The Labute approximate surface area is 104 Å². The molecule has 0 atom stereocenters. The predicted octanol–water partition coefficient (Wildman–Crippen LogP) is 2.17. The van der Waals surface area contributed by atoms with Crippen molar-refractivity contribution in [1.29, 1.82) is 0 Å². The minimum Gasteiger partial charge on any atom is -0.327 e. The highest BCUT2D eigenvalue weighted by Crippen LogP contribution is 2.37. The Hall–Kier alpha value is -2.17. The van der Waals surface area contributed by atoms with Crippen LogP contribution in [0.3, 0.4) is 0 Å². The van der Waals surface area contributed by atoms with Crippen LogP contribution in [0.4, 0.5) is 0 Å². The van der Waals surface area contributed by atoms with Crippen LogP contribution in [-0.2, 0) is 7.05 Å². The molecule has 2 aromatic heterocycles. The van der Waals surface area contributed by atoms with Crippen molar-refractivity contribution in [1.82, 2.24) is 24.5 Å². The maximum Gasteiger partial charge on any atom is 0.113 e. The van der Waals surface area contributed by atoms with Crippen LogP contribution in [0.15, 0.2) is 30.7 Å². The van der Waals surface area contributed by atoms with Gasteiger partial charge in [-0.25, -0.2) is 4.98 Å². The Morgan fingerprint density at radius 3 is 2.89 bits per heavy atom. The Morgan fingerprint density at radius 2 is 2.17 bits per heavy atom. The van der Waals surface area contributed by atoms with Crippen molar-refractivity contribution >= 4 is 11.0 Å². The highest BCUT2D eigenvalue weighted by Gasteiger charge is 2.24. The van der Waals surface area contributed by atoms with Crippen LogP contribution in [0.25, 0.3) is 22.3 Å². The molecule has 0 aliphatic heterocycles. The van der Waals surface area contributed by atoms with Gasteiger partial charge in [0.25, 0.3) is 0 Å². The smallest absolute Gasteiger partial charge is 0.113 e. The van der Waals surface area contributed by atoms with Gasteiger partial charge < -0.3 is 4.57 Å². The molecule has 3 aromatic rings. The first-order valence-electron chi connectivity index (χ1n) is 6.14. The summed E-state index contributed by atoms with van der Waals surface area (Å²) in [5.41, 5.74) is 4.20. The molecular weight excluding hydrogens is 226 g/mol. The van der Waals surface area contributed by atoms with E-state index in [-0.39, 0.29) is 0 Å². The van der Waals surface area contributed by atoms with Crippen molar-refractivity contribution in [2.75, 3.05) is 0 Å². The molecular formula is C13H13N5. The van der Waals surface area contributed by atoms with Gasteiger partial charge in [0, 0.05) is 18.7 Å². The highest BCUT2D eigenvalue weighted by atomic mass is 15.4. The van der Waals surface area contributed by atoms with Gasteiger partial charge in [0.15, 0.2) is 0 Å². The third kappa shape index (κ3) is 1.44. The van der Waals surface area contributed by atoms with Crippen molar-refractivity contribution in [2.45, 2.75) is 18.9 Å². The van der Waals surface area contributed by atoms with E-state index in [9.17, 15) is 0 Å². The zero-order chi connectivity index (χ0) is 12.1. The molecule has 2 heterocycles. The number of fused-ring (bicyclic) bond motifs is 1. The Bertz CT molecular complexity index is 720.